The van der Waals surface area contributed by atoms with Crippen LogP contribution < -0.4 is 5.73 Å². The van der Waals surface area contributed by atoms with Gasteiger partial charge in [-0.2, -0.15) is 0 Å². The third kappa shape index (κ3) is 3.06. The first-order valence-electron chi connectivity index (χ1n) is 7.23. The van der Waals surface area contributed by atoms with Crippen LogP contribution >= 0.6 is 0 Å². The second-order valence-corrected chi connectivity index (χ2v) is 5.09. The third-order valence-electron chi connectivity index (χ3n) is 3.62. The van der Waals surface area contributed by atoms with E-state index < -0.39 is 11.9 Å². The van der Waals surface area contributed by atoms with E-state index in [1.807, 2.05) is 34.9 Å². The molecule has 2 aromatic carbocycles. The number of primary amides is 1. The van der Waals surface area contributed by atoms with Crippen molar-refractivity contribution < 1.29 is 9.59 Å². The fourth-order valence-electron chi connectivity index (χ4n) is 2.44. The highest BCUT2D eigenvalue weighted by Gasteiger charge is 2.20. The summed E-state index contributed by atoms with van der Waals surface area (Å²) in [7, 11) is 0. The highest BCUT2D eigenvalue weighted by molar-refractivity contribution is 6.03. The zero-order valence-corrected chi connectivity index (χ0v) is 12.4. The molecule has 0 bridgehead atoms. The van der Waals surface area contributed by atoms with E-state index in [1.165, 1.54) is 0 Å². The summed E-state index contributed by atoms with van der Waals surface area (Å²) in [5.74, 6) is -0.400. The van der Waals surface area contributed by atoms with Crippen LogP contribution in [-0.2, 0) is 6.54 Å². The van der Waals surface area contributed by atoms with Crippen LogP contribution in [0.25, 0.3) is 11.0 Å². The number of aromatic nitrogens is 2. The van der Waals surface area contributed by atoms with Gasteiger partial charge in [0.1, 0.15) is 0 Å². The zero-order valence-electron chi connectivity index (χ0n) is 12.4. The predicted octanol–water partition coefficient (Wildman–Crippen LogP) is 2.26. The highest BCUT2D eigenvalue weighted by atomic mass is 16.2. The molecule has 116 valence electrons. The Morgan fingerprint density at radius 1 is 1.04 bits per heavy atom. The monoisotopic (exact) mass is 308 g/mol. The molecule has 0 aliphatic carbocycles. The Morgan fingerprint density at radius 2 is 1.74 bits per heavy atom. The number of nitrogens with two attached hydrogens (primary N) is 1. The first-order valence-corrected chi connectivity index (χ1v) is 7.23. The Balaban J connectivity index is 1.78. The van der Waals surface area contributed by atoms with Gasteiger partial charge in [0, 0.05) is 18.7 Å². The molecule has 23 heavy (non-hydrogen) atoms. The summed E-state index contributed by atoms with van der Waals surface area (Å²) in [6, 6.07) is 15.5. The largest absolute Gasteiger partial charge is 0.351 e. The number of urea groups is 1. The fourth-order valence-corrected chi connectivity index (χ4v) is 2.44. The minimum Gasteiger partial charge on any atom is -0.351 e. The van der Waals surface area contributed by atoms with Crippen molar-refractivity contribution in [2.45, 2.75) is 6.54 Å². The van der Waals surface area contributed by atoms with Gasteiger partial charge in [0.15, 0.2) is 0 Å². The Hall–Kier alpha value is -3.15. The number of para-hydroxylation sites is 2. The van der Waals surface area contributed by atoms with Gasteiger partial charge in [-0.3, -0.25) is 9.69 Å². The molecule has 0 unspecified atom stereocenters. The minimum atomic E-state index is -0.761. The molecule has 0 atom stereocenters. The van der Waals surface area contributed by atoms with Crippen molar-refractivity contribution >= 4 is 23.0 Å². The van der Waals surface area contributed by atoms with Crippen molar-refractivity contribution in [2.24, 2.45) is 5.73 Å². The van der Waals surface area contributed by atoms with E-state index in [1.54, 1.807) is 30.6 Å². The van der Waals surface area contributed by atoms with E-state index >= 15 is 0 Å². The van der Waals surface area contributed by atoms with Crippen LogP contribution in [0, 0.1) is 0 Å². The summed E-state index contributed by atoms with van der Waals surface area (Å²) in [5.41, 5.74) is 7.62. The first kappa shape index (κ1) is 14.8. The topological polar surface area (TPSA) is 81.2 Å². The molecule has 1 heterocycles. The SMILES string of the molecule is NC(=O)N(CCn1cnc2ccccc21)C(=O)c1ccccc1. The third-order valence-corrected chi connectivity index (χ3v) is 3.62. The molecule has 6 heteroatoms. The number of imidazole rings is 1. The van der Waals surface area contributed by atoms with Crippen molar-refractivity contribution in [2.75, 3.05) is 6.54 Å². The molecule has 0 radical (unpaired) electrons. The maximum absolute atomic E-state index is 12.4. The van der Waals surface area contributed by atoms with Gasteiger partial charge < -0.3 is 10.3 Å². The number of hydrogen-bond acceptors (Lipinski definition) is 3. The molecule has 6 nitrogen and oxygen atoms in total. The second kappa shape index (κ2) is 6.31. The molecule has 3 aromatic rings. The van der Waals surface area contributed by atoms with E-state index in [0.29, 0.717) is 12.1 Å². The summed E-state index contributed by atoms with van der Waals surface area (Å²) >= 11 is 0. The number of hydrogen-bond donors (Lipinski definition) is 1. The van der Waals surface area contributed by atoms with Gasteiger partial charge in [0.25, 0.3) is 5.91 Å². The van der Waals surface area contributed by atoms with Gasteiger partial charge in [-0.05, 0) is 24.3 Å². The molecular formula is C17H16N4O2. The van der Waals surface area contributed by atoms with Crippen molar-refractivity contribution in [3.8, 4) is 0 Å². The summed E-state index contributed by atoms with van der Waals surface area (Å²) in [5, 5.41) is 0. The van der Waals surface area contributed by atoms with Gasteiger partial charge in [-0.1, -0.05) is 30.3 Å². The smallest absolute Gasteiger partial charge is 0.321 e. The number of rotatable bonds is 4. The van der Waals surface area contributed by atoms with Crippen LogP contribution in [0.5, 0.6) is 0 Å². The van der Waals surface area contributed by atoms with Gasteiger partial charge >= 0.3 is 6.03 Å². The van der Waals surface area contributed by atoms with Gasteiger partial charge in [0.05, 0.1) is 17.4 Å². The van der Waals surface area contributed by atoms with E-state index in [-0.39, 0.29) is 6.54 Å². The number of fused-ring (bicyclic) bond motifs is 1. The Labute approximate surface area is 133 Å². The Morgan fingerprint density at radius 3 is 2.48 bits per heavy atom. The maximum Gasteiger partial charge on any atom is 0.321 e. The van der Waals surface area contributed by atoms with Gasteiger partial charge in [-0.25, -0.2) is 9.78 Å². The molecule has 0 saturated heterocycles. The number of carbonyl (C=O) groups is 2. The highest BCUT2D eigenvalue weighted by Crippen LogP contribution is 2.12. The molecule has 3 rings (SSSR count). The van der Waals surface area contributed by atoms with E-state index in [9.17, 15) is 9.59 Å². The normalized spacial score (nSPS) is 10.6. The van der Waals surface area contributed by atoms with E-state index in [4.69, 9.17) is 5.73 Å². The van der Waals surface area contributed by atoms with Crippen molar-refractivity contribution in [1.29, 1.82) is 0 Å². The first-order chi connectivity index (χ1) is 11.2. The quantitative estimate of drug-likeness (QED) is 0.802. The average molecular weight is 308 g/mol. The molecule has 0 aliphatic rings. The van der Waals surface area contributed by atoms with E-state index in [2.05, 4.69) is 4.98 Å². The fraction of sp³-hybridized carbons (Fsp3) is 0.118. The molecular weight excluding hydrogens is 292 g/mol. The van der Waals surface area contributed by atoms with Crippen LogP contribution in [0.2, 0.25) is 0 Å². The molecule has 0 saturated carbocycles. The number of nitrogens with zero attached hydrogens (tertiary/aromatic N) is 3. The van der Waals surface area contributed by atoms with Crippen molar-refractivity contribution in [3.63, 3.8) is 0 Å². The lowest BCUT2D eigenvalue weighted by atomic mass is 10.2. The Kier molecular flexibility index (Phi) is 4.05. The molecule has 3 amide bonds. The second-order valence-electron chi connectivity index (χ2n) is 5.09. The summed E-state index contributed by atoms with van der Waals surface area (Å²) in [4.78, 5) is 29.4. The van der Waals surface area contributed by atoms with Gasteiger partial charge in [0.2, 0.25) is 0 Å². The lowest BCUT2D eigenvalue weighted by molar-refractivity contribution is 0.0804. The van der Waals surface area contributed by atoms with Crippen LogP contribution in [-0.4, -0.2) is 32.9 Å². The number of imide groups is 1. The summed E-state index contributed by atoms with van der Waals surface area (Å²) in [6.45, 7) is 0.617. The van der Waals surface area contributed by atoms with Gasteiger partial charge in [-0.15, -0.1) is 0 Å². The lowest BCUT2D eigenvalue weighted by Gasteiger charge is -2.19. The van der Waals surface area contributed by atoms with Crippen LogP contribution in [0.1, 0.15) is 10.4 Å². The molecule has 0 spiro atoms. The molecule has 0 fully saturated rings. The Bertz CT molecular complexity index is 842. The standard InChI is InChI=1S/C17H16N4O2/c18-17(23)21(16(22)13-6-2-1-3-7-13)11-10-20-12-19-14-8-4-5-9-15(14)20/h1-9,12H,10-11H2,(H2,18,23). The maximum atomic E-state index is 12.4. The van der Waals surface area contributed by atoms with E-state index in [0.717, 1.165) is 15.9 Å². The van der Waals surface area contributed by atoms with Crippen LogP contribution in [0.3, 0.4) is 0 Å². The number of carbonyl (C=O) groups excluding carboxylic acids is 2. The number of amides is 3. The molecule has 0 aliphatic heterocycles. The lowest BCUT2D eigenvalue weighted by Crippen LogP contribution is -2.42. The average Bonchev–Trinajstić information content (AvgIpc) is 2.99. The summed E-state index contributed by atoms with van der Waals surface area (Å²) < 4.78 is 1.89. The van der Waals surface area contributed by atoms with Crippen molar-refractivity contribution in [3.05, 3.63) is 66.5 Å². The molecule has 1 aromatic heterocycles. The van der Waals surface area contributed by atoms with Crippen LogP contribution in [0.15, 0.2) is 60.9 Å². The number of benzene rings is 2. The minimum absolute atomic E-state index is 0.184. The predicted molar refractivity (Wildman–Crippen MR) is 86.8 cm³/mol. The summed E-state index contributed by atoms with van der Waals surface area (Å²) in [6.07, 6.45) is 1.69. The molecule has 2 N–H and O–H groups in total. The zero-order chi connectivity index (χ0) is 16.2. The van der Waals surface area contributed by atoms with Crippen molar-refractivity contribution in [1.82, 2.24) is 14.5 Å². The van der Waals surface area contributed by atoms with Crippen LogP contribution in [0.4, 0.5) is 4.79 Å².